The minimum absolute atomic E-state index is 0.167. The van der Waals surface area contributed by atoms with Gasteiger partial charge in [0.25, 0.3) is 5.91 Å². The lowest BCUT2D eigenvalue weighted by atomic mass is 9.62. The summed E-state index contributed by atoms with van der Waals surface area (Å²) in [6.07, 6.45) is 1.96. The lowest BCUT2D eigenvalue weighted by molar-refractivity contribution is -0.158. The molecule has 3 aliphatic rings. The maximum Gasteiger partial charge on any atom is 0.310 e. The highest BCUT2D eigenvalue weighted by atomic mass is 35.5. The van der Waals surface area contributed by atoms with Gasteiger partial charge in [0.05, 0.1) is 24.2 Å². The number of aliphatic hydroxyl groups is 1. The van der Waals surface area contributed by atoms with Crippen molar-refractivity contribution in [3.8, 4) is 0 Å². The van der Waals surface area contributed by atoms with E-state index in [0.717, 1.165) is 0 Å². The number of anilines is 1. The molecule has 3 unspecified atom stereocenters. The summed E-state index contributed by atoms with van der Waals surface area (Å²) in [7, 11) is 0. The fourth-order valence-electron chi connectivity index (χ4n) is 6.53. The molecule has 2 amide bonds. The van der Waals surface area contributed by atoms with Crippen LogP contribution in [0.4, 0.5) is 5.69 Å². The Hall–Kier alpha value is -2.42. The number of hydrogen-bond acceptors (Lipinski definition) is 5. The van der Waals surface area contributed by atoms with Crippen LogP contribution in [0.3, 0.4) is 0 Å². The third kappa shape index (κ3) is 3.60. The van der Waals surface area contributed by atoms with Gasteiger partial charge in [-0.25, -0.2) is 0 Å². The number of carboxylic acid groups (broad SMARTS) is 1. The Kier molecular flexibility index (Phi) is 6.53. The molecule has 0 aromatic heterocycles. The van der Waals surface area contributed by atoms with Gasteiger partial charge in [-0.05, 0) is 49.4 Å². The topological polar surface area (TPSA) is 107 Å². The number of likely N-dealkylation sites (tertiary alicyclic amines) is 1. The second-order valence-electron chi connectivity index (χ2n) is 10.5. The normalized spacial score (nSPS) is 34.3. The molecule has 8 nitrogen and oxygen atoms in total. The number of aliphatic hydroxyl groups excluding tert-OH is 1. The quantitative estimate of drug-likeness (QED) is 0.527. The summed E-state index contributed by atoms with van der Waals surface area (Å²) in [5.74, 6) is -4.42. The van der Waals surface area contributed by atoms with E-state index in [-0.39, 0.29) is 25.0 Å². The van der Waals surface area contributed by atoms with Gasteiger partial charge in [0.1, 0.15) is 17.6 Å². The standard InChI is InChI=1S/C26H33ClN2O6/c1-6-11-28(17-9-7-16(27)8-10-17)23(32)21-26-12-15(4)25(5,35-26)20(24(33)34)19(26)22(31)29(21)18(13-30)14(2)3/h6-10,14-15,18-21,30H,1,11-13H2,2-5H3,(H,33,34)/t15?,18-,19-,20-,21?,25+,26?/m0/s1. The number of carbonyl (C=O) groups is 3. The van der Waals surface area contributed by atoms with Gasteiger partial charge in [0.2, 0.25) is 5.91 Å². The number of amides is 2. The summed E-state index contributed by atoms with van der Waals surface area (Å²) < 4.78 is 6.53. The van der Waals surface area contributed by atoms with Crippen molar-refractivity contribution in [2.45, 2.75) is 57.4 Å². The Labute approximate surface area is 210 Å². The molecule has 2 bridgehead atoms. The molecule has 7 atom stereocenters. The first kappa shape index (κ1) is 25.7. The largest absolute Gasteiger partial charge is 0.481 e. The monoisotopic (exact) mass is 504 g/mol. The summed E-state index contributed by atoms with van der Waals surface area (Å²) in [6.45, 7) is 11.0. The van der Waals surface area contributed by atoms with E-state index in [0.29, 0.717) is 17.1 Å². The van der Waals surface area contributed by atoms with Crippen LogP contribution in [-0.4, -0.2) is 69.3 Å². The van der Waals surface area contributed by atoms with Crippen molar-refractivity contribution in [3.05, 3.63) is 41.9 Å². The zero-order valence-corrected chi connectivity index (χ0v) is 21.2. The number of carboxylic acids is 1. The third-order valence-corrected chi connectivity index (χ3v) is 8.53. The molecule has 0 saturated carbocycles. The maximum absolute atomic E-state index is 14.4. The number of halogens is 1. The number of hydrogen-bond donors (Lipinski definition) is 2. The van der Waals surface area contributed by atoms with Crippen molar-refractivity contribution in [1.82, 2.24) is 4.90 Å². The van der Waals surface area contributed by atoms with E-state index in [4.69, 9.17) is 16.3 Å². The van der Waals surface area contributed by atoms with Crippen molar-refractivity contribution in [3.63, 3.8) is 0 Å². The summed E-state index contributed by atoms with van der Waals surface area (Å²) in [6, 6.07) is 5.00. The van der Waals surface area contributed by atoms with Crippen LogP contribution in [-0.2, 0) is 19.1 Å². The molecule has 0 radical (unpaired) electrons. The van der Waals surface area contributed by atoms with Gasteiger partial charge in [0, 0.05) is 17.3 Å². The van der Waals surface area contributed by atoms with Crippen molar-refractivity contribution in [2.24, 2.45) is 23.7 Å². The van der Waals surface area contributed by atoms with E-state index in [1.165, 1.54) is 9.80 Å². The van der Waals surface area contributed by atoms with Crippen LogP contribution in [0.25, 0.3) is 0 Å². The minimum Gasteiger partial charge on any atom is -0.481 e. The first-order valence-corrected chi connectivity index (χ1v) is 12.4. The molecule has 3 heterocycles. The fourth-order valence-corrected chi connectivity index (χ4v) is 6.66. The fraction of sp³-hybridized carbons (Fsp3) is 0.577. The first-order valence-electron chi connectivity index (χ1n) is 12.0. The highest BCUT2D eigenvalue weighted by molar-refractivity contribution is 6.30. The van der Waals surface area contributed by atoms with Crippen LogP contribution in [0.5, 0.6) is 0 Å². The SMILES string of the molecule is C=CCN(C(=O)C1N([C@@H](CO)C(C)C)C(=O)[C@@H]2[C@@H](C(=O)O)[C@]3(C)OC12CC3C)c1ccc(Cl)cc1. The number of ether oxygens (including phenoxy) is 1. The van der Waals surface area contributed by atoms with Crippen molar-refractivity contribution >= 4 is 35.1 Å². The second-order valence-corrected chi connectivity index (χ2v) is 10.9. The summed E-state index contributed by atoms with van der Waals surface area (Å²) in [5.41, 5.74) is -1.81. The second kappa shape index (κ2) is 8.91. The van der Waals surface area contributed by atoms with Crippen LogP contribution >= 0.6 is 11.6 Å². The molecule has 3 fully saturated rings. The van der Waals surface area contributed by atoms with Crippen LogP contribution in [0.2, 0.25) is 5.02 Å². The molecule has 1 aromatic rings. The lowest BCUT2D eigenvalue weighted by Crippen LogP contribution is -2.60. The number of carbonyl (C=O) groups excluding carboxylic acids is 2. The van der Waals surface area contributed by atoms with E-state index < -0.39 is 52.9 Å². The summed E-state index contributed by atoms with van der Waals surface area (Å²) >= 11 is 6.06. The van der Waals surface area contributed by atoms with Crippen LogP contribution < -0.4 is 4.90 Å². The van der Waals surface area contributed by atoms with E-state index in [1.54, 1.807) is 37.3 Å². The molecule has 190 valence electrons. The van der Waals surface area contributed by atoms with E-state index in [1.807, 2.05) is 20.8 Å². The average Bonchev–Trinajstić information content (AvgIpc) is 3.30. The smallest absolute Gasteiger partial charge is 0.310 e. The number of rotatable bonds is 8. The van der Waals surface area contributed by atoms with Gasteiger partial charge in [-0.15, -0.1) is 6.58 Å². The van der Waals surface area contributed by atoms with E-state index in [9.17, 15) is 24.6 Å². The number of benzene rings is 1. The van der Waals surface area contributed by atoms with Gasteiger partial charge in [-0.3, -0.25) is 14.4 Å². The van der Waals surface area contributed by atoms with Gasteiger partial charge >= 0.3 is 5.97 Å². The summed E-state index contributed by atoms with van der Waals surface area (Å²) in [5, 5.41) is 21.0. The van der Waals surface area contributed by atoms with Crippen molar-refractivity contribution in [2.75, 3.05) is 18.1 Å². The number of nitrogens with zero attached hydrogens (tertiary/aromatic N) is 2. The zero-order chi connectivity index (χ0) is 25.9. The van der Waals surface area contributed by atoms with Crippen LogP contribution in [0.15, 0.2) is 36.9 Å². The highest BCUT2D eigenvalue weighted by Gasteiger charge is 2.80. The number of fused-ring (bicyclic) bond motifs is 1. The van der Waals surface area contributed by atoms with Crippen LogP contribution in [0.1, 0.15) is 34.1 Å². The molecule has 1 aromatic carbocycles. The van der Waals surface area contributed by atoms with Gasteiger partial charge < -0.3 is 24.7 Å². The van der Waals surface area contributed by atoms with E-state index in [2.05, 4.69) is 6.58 Å². The van der Waals surface area contributed by atoms with Crippen molar-refractivity contribution < 1.29 is 29.3 Å². The Morgan fingerprint density at radius 1 is 1.34 bits per heavy atom. The molecule has 3 aliphatic heterocycles. The predicted octanol–water partition coefficient (Wildman–Crippen LogP) is 2.97. The molecule has 4 rings (SSSR count). The van der Waals surface area contributed by atoms with E-state index >= 15 is 0 Å². The molecule has 9 heteroatoms. The maximum atomic E-state index is 14.4. The third-order valence-electron chi connectivity index (χ3n) is 8.28. The van der Waals surface area contributed by atoms with Gasteiger partial charge in [0.15, 0.2) is 0 Å². The Morgan fingerprint density at radius 2 is 1.97 bits per heavy atom. The minimum atomic E-state index is -1.31. The summed E-state index contributed by atoms with van der Waals surface area (Å²) in [4.78, 5) is 43.7. The molecular formula is C26H33ClN2O6. The van der Waals surface area contributed by atoms with Crippen LogP contribution in [0, 0.1) is 23.7 Å². The molecule has 2 N–H and O–H groups in total. The Morgan fingerprint density at radius 3 is 2.49 bits per heavy atom. The average molecular weight is 505 g/mol. The molecule has 0 aliphatic carbocycles. The predicted molar refractivity (Wildman–Crippen MR) is 131 cm³/mol. The van der Waals surface area contributed by atoms with Gasteiger partial charge in [-0.1, -0.05) is 38.4 Å². The highest BCUT2D eigenvalue weighted by Crippen LogP contribution is 2.65. The Bertz CT molecular complexity index is 1040. The Balaban J connectivity index is 1.89. The molecule has 3 saturated heterocycles. The number of aliphatic carboxylic acids is 1. The van der Waals surface area contributed by atoms with Gasteiger partial charge in [-0.2, -0.15) is 0 Å². The first-order chi connectivity index (χ1) is 16.4. The molecule has 35 heavy (non-hydrogen) atoms. The zero-order valence-electron chi connectivity index (χ0n) is 20.5. The lowest BCUT2D eigenvalue weighted by Gasteiger charge is -2.40. The molecular weight excluding hydrogens is 472 g/mol. The van der Waals surface area contributed by atoms with Crippen molar-refractivity contribution in [1.29, 1.82) is 0 Å². The molecule has 1 spiro atoms.